The summed E-state index contributed by atoms with van der Waals surface area (Å²) < 4.78 is 0. The van der Waals surface area contributed by atoms with E-state index in [2.05, 4.69) is 16.4 Å². The minimum atomic E-state index is -0.946. The summed E-state index contributed by atoms with van der Waals surface area (Å²) in [6.45, 7) is 3.57. The molecular weight excluding hydrogens is 503 g/mol. The fourth-order valence-corrected chi connectivity index (χ4v) is 4.69. The summed E-state index contributed by atoms with van der Waals surface area (Å²) in [7, 11) is 0. The van der Waals surface area contributed by atoms with Gasteiger partial charge in [-0.1, -0.05) is 72.3 Å². The Kier molecular flexibility index (Phi) is 8.65. The lowest BCUT2D eigenvalue weighted by molar-refractivity contribution is -0.119. The Morgan fingerprint density at radius 2 is 1.81 bits per heavy atom. The molecule has 4 aromatic rings. The number of carbonyl (C=O) groups excluding carboxylic acids is 1. The van der Waals surface area contributed by atoms with Gasteiger partial charge in [-0.15, -0.1) is 11.6 Å². The minimum Gasteiger partial charge on any atom is -0.386 e. The number of halogens is 2. The molecule has 190 valence electrons. The molecule has 0 aliphatic rings. The monoisotopic (exact) mass is 532 g/mol. The van der Waals surface area contributed by atoms with Gasteiger partial charge in [-0.05, 0) is 79.3 Å². The van der Waals surface area contributed by atoms with E-state index in [1.807, 2.05) is 84.9 Å². The molecule has 6 heteroatoms. The fraction of sp³-hybridized carbons (Fsp3) is 0.226. The second-order valence-corrected chi connectivity index (χ2v) is 10.3. The number of aryl methyl sites for hydroxylation is 1. The van der Waals surface area contributed by atoms with Crippen LogP contribution in [0.3, 0.4) is 0 Å². The molecule has 0 fully saturated rings. The highest BCUT2D eigenvalue weighted by Crippen LogP contribution is 2.28. The van der Waals surface area contributed by atoms with Gasteiger partial charge in [0, 0.05) is 10.4 Å². The van der Waals surface area contributed by atoms with Crippen molar-refractivity contribution >= 4 is 52.2 Å². The van der Waals surface area contributed by atoms with E-state index >= 15 is 0 Å². The van der Waals surface area contributed by atoms with Crippen LogP contribution in [-0.4, -0.2) is 21.9 Å². The van der Waals surface area contributed by atoms with E-state index in [-0.39, 0.29) is 17.8 Å². The summed E-state index contributed by atoms with van der Waals surface area (Å²) in [4.78, 5) is 16.9. The molecule has 1 atom stereocenters. The second kappa shape index (κ2) is 11.9. The maximum absolute atomic E-state index is 12.2. The normalized spacial score (nSPS) is 12.7. The number of hydrogen-bond donors (Lipinski definition) is 2. The van der Waals surface area contributed by atoms with E-state index in [9.17, 15) is 9.90 Å². The van der Waals surface area contributed by atoms with Gasteiger partial charge in [0.1, 0.15) is 5.88 Å². The van der Waals surface area contributed by atoms with Gasteiger partial charge in [0.05, 0.1) is 22.9 Å². The number of pyridine rings is 1. The molecule has 0 spiro atoms. The minimum absolute atomic E-state index is 0.103. The predicted octanol–water partition coefficient (Wildman–Crippen LogP) is 7.31. The van der Waals surface area contributed by atoms with Gasteiger partial charge in [0.2, 0.25) is 5.91 Å². The number of aromatic nitrogens is 1. The average Bonchev–Trinajstić information content (AvgIpc) is 2.89. The molecule has 1 unspecified atom stereocenters. The molecule has 1 aromatic heterocycles. The number of nitrogens with one attached hydrogen (secondary N) is 1. The van der Waals surface area contributed by atoms with Gasteiger partial charge < -0.3 is 10.4 Å². The van der Waals surface area contributed by atoms with E-state index in [1.54, 1.807) is 13.8 Å². The van der Waals surface area contributed by atoms with Crippen molar-refractivity contribution in [1.82, 2.24) is 10.3 Å². The van der Waals surface area contributed by atoms with Crippen molar-refractivity contribution in [3.05, 3.63) is 112 Å². The van der Waals surface area contributed by atoms with Crippen LogP contribution in [0, 0.1) is 0 Å². The highest BCUT2D eigenvalue weighted by Gasteiger charge is 2.21. The number of hydrogen-bond acceptors (Lipinski definition) is 3. The Balaban J connectivity index is 1.56. The summed E-state index contributed by atoms with van der Waals surface area (Å²) in [5.41, 5.74) is 4.65. The van der Waals surface area contributed by atoms with Crippen LogP contribution in [0.25, 0.3) is 23.1 Å². The topological polar surface area (TPSA) is 62.2 Å². The first-order valence-corrected chi connectivity index (χ1v) is 13.1. The molecular formula is C31H30Cl2N2O2. The molecule has 0 aliphatic heterocycles. The second-order valence-electron chi connectivity index (χ2n) is 9.59. The van der Waals surface area contributed by atoms with Crippen molar-refractivity contribution in [2.24, 2.45) is 0 Å². The van der Waals surface area contributed by atoms with Crippen LogP contribution in [0.1, 0.15) is 54.3 Å². The van der Waals surface area contributed by atoms with Crippen LogP contribution in [0.4, 0.5) is 0 Å². The third-order valence-electron chi connectivity index (χ3n) is 6.27. The van der Waals surface area contributed by atoms with Gasteiger partial charge in [-0.25, -0.2) is 4.98 Å². The standard InChI is InChI=1S/C31H30Cl2N2O2/c1-31(2,37)27-9-4-3-7-22(27)13-17-28(35-30(36)20-32)24-8-5-6-21(18-24)10-15-26-16-12-23-11-14-25(33)19-29(23)34-26/h3-12,14-16,18-19,28,37H,13,17,20H2,1-2H3,(H,35,36)/b15-10+. The lowest BCUT2D eigenvalue weighted by Gasteiger charge is -2.24. The summed E-state index contributed by atoms with van der Waals surface area (Å²) in [6, 6.07) is 25.4. The van der Waals surface area contributed by atoms with Crippen LogP contribution < -0.4 is 5.32 Å². The number of nitrogens with zero attached hydrogens (tertiary/aromatic N) is 1. The largest absolute Gasteiger partial charge is 0.386 e. The number of alkyl halides is 1. The fourth-order valence-electron chi connectivity index (χ4n) is 4.45. The first-order valence-electron chi connectivity index (χ1n) is 12.2. The molecule has 1 heterocycles. The Morgan fingerprint density at radius 1 is 1.03 bits per heavy atom. The smallest absolute Gasteiger partial charge is 0.235 e. The molecule has 0 saturated heterocycles. The Hall–Kier alpha value is -3.18. The predicted molar refractivity (Wildman–Crippen MR) is 154 cm³/mol. The lowest BCUT2D eigenvalue weighted by atomic mass is 9.89. The summed E-state index contributed by atoms with van der Waals surface area (Å²) in [6.07, 6.45) is 5.32. The molecule has 0 saturated carbocycles. The number of aliphatic hydroxyl groups is 1. The van der Waals surface area contributed by atoms with Gasteiger partial charge in [0.15, 0.2) is 0 Å². The van der Waals surface area contributed by atoms with E-state index in [1.165, 1.54) is 0 Å². The summed E-state index contributed by atoms with van der Waals surface area (Å²) in [5, 5.41) is 15.3. The Bertz CT molecular complexity index is 1430. The van der Waals surface area contributed by atoms with Gasteiger partial charge in [0.25, 0.3) is 0 Å². The van der Waals surface area contributed by atoms with Crippen molar-refractivity contribution < 1.29 is 9.90 Å². The SMILES string of the molecule is CC(C)(O)c1ccccc1CCC(NC(=O)CCl)c1cccc(/C=C/c2ccc3ccc(Cl)cc3n2)c1. The zero-order valence-electron chi connectivity index (χ0n) is 20.9. The molecule has 0 radical (unpaired) electrons. The van der Waals surface area contributed by atoms with Crippen molar-refractivity contribution in [2.45, 2.75) is 38.3 Å². The van der Waals surface area contributed by atoms with Crippen molar-refractivity contribution in [2.75, 3.05) is 5.88 Å². The molecule has 0 aliphatic carbocycles. The quantitative estimate of drug-likeness (QED) is 0.222. The Morgan fingerprint density at radius 3 is 2.59 bits per heavy atom. The van der Waals surface area contributed by atoms with E-state index < -0.39 is 5.60 Å². The van der Waals surface area contributed by atoms with E-state index in [0.717, 1.165) is 38.9 Å². The van der Waals surface area contributed by atoms with E-state index in [0.29, 0.717) is 17.9 Å². The zero-order chi connectivity index (χ0) is 26.4. The van der Waals surface area contributed by atoms with Crippen LogP contribution >= 0.6 is 23.2 Å². The molecule has 1 amide bonds. The molecule has 37 heavy (non-hydrogen) atoms. The van der Waals surface area contributed by atoms with Crippen LogP contribution in [-0.2, 0) is 16.8 Å². The molecule has 3 aromatic carbocycles. The molecule has 2 N–H and O–H groups in total. The number of fused-ring (bicyclic) bond motifs is 1. The van der Waals surface area contributed by atoms with Crippen LogP contribution in [0.15, 0.2) is 78.9 Å². The maximum atomic E-state index is 12.2. The maximum Gasteiger partial charge on any atom is 0.235 e. The third-order valence-corrected chi connectivity index (χ3v) is 6.75. The van der Waals surface area contributed by atoms with Gasteiger partial charge >= 0.3 is 0 Å². The summed E-state index contributed by atoms with van der Waals surface area (Å²) in [5.74, 6) is -0.323. The van der Waals surface area contributed by atoms with Crippen molar-refractivity contribution in [1.29, 1.82) is 0 Å². The first kappa shape index (κ1) is 26.9. The Labute approximate surface area is 228 Å². The van der Waals surface area contributed by atoms with Crippen molar-refractivity contribution in [3.8, 4) is 0 Å². The summed E-state index contributed by atoms with van der Waals surface area (Å²) >= 11 is 11.9. The molecule has 0 bridgehead atoms. The highest BCUT2D eigenvalue weighted by molar-refractivity contribution is 6.31. The number of rotatable bonds is 9. The zero-order valence-corrected chi connectivity index (χ0v) is 22.4. The van der Waals surface area contributed by atoms with E-state index in [4.69, 9.17) is 23.2 Å². The van der Waals surface area contributed by atoms with Crippen molar-refractivity contribution in [3.63, 3.8) is 0 Å². The average molecular weight is 533 g/mol. The van der Waals surface area contributed by atoms with Gasteiger partial charge in [-0.3, -0.25) is 4.79 Å². The molecule has 4 rings (SSSR count). The van der Waals surface area contributed by atoms with Crippen LogP contribution in [0.2, 0.25) is 5.02 Å². The molecule has 4 nitrogen and oxygen atoms in total. The van der Waals surface area contributed by atoms with Gasteiger partial charge in [-0.2, -0.15) is 0 Å². The number of benzene rings is 3. The number of amides is 1. The van der Waals surface area contributed by atoms with Crippen LogP contribution in [0.5, 0.6) is 0 Å². The number of carbonyl (C=O) groups is 1. The third kappa shape index (κ3) is 7.20. The first-order chi connectivity index (χ1) is 17.7. The lowest BCUT2D eigenvalue weighted by Crippen LogP contribution is -2.30. The highest BCUT2D eigenvalue weighted by atomic mass is 35.5.